The third-order valence-corrected chi connectivity index (χ3v) is 8.16. The van der Waals surface area contributed by atoms with Gasteiger partial charge < -0.3 is 10.2 Å². The highest BCUT2D eigenvalue weighted by Gasteiger charge is 2.38. The fourth-order valence-corrected chi connectivity index (χ4v) is 2.31. The molecule has 0 fully saturated rings. The fourth-order valence-electron chi connectivity index (χ4n) is 1.13. The minimum absolute atomic E-state index is 0.0184. The molecule has 0 atom stereocenters. The van der Waals surface area contributed by atoms with E-state index < -0.39 is 8.32 Å². The summed E-state index contributed by atoms with van der Waals surface area (Å²) in [6.45, 7) is 16.2. The van der Waals surface area contributed by atoms with E-state index >= 15 is 0 Å². The number of hydrogen-bond donors (Lipinski definition) is 1. The molecule has 4 heteroatoms. The van der Waals surface area contributed by atoms with Gasteiger partial charge in [-0.1, -0.05) is 34.6 Å². The smallest absolute Gasteiger partial charge is 0.217 e. The van der Waals surface area contributed by atoms with Gasteiger partial charge >= 0.3 is 0 Å². The highest BCUT2D eigenvalue weighted by atomic mass is 28.4. The summed E-state index contributed by atoms with van der Waals surface area (Å²) in [6, 6.07) is 0. The number of carbonyl (C=O) groups is 1. The van der Waals surface area contributed by atoms with Crippen LogP contribution in [0.5, 0.6) is 0 Å². The zero-order valence-corrected chi connectivity index (χ0v) is 13.5. The molecule has 0 aliphatic carbocycles. The summed E-state index contributed by atoms with van der Waals surface area (Å²) in [5, 5.41) is 0.229. The maximum Gasteiger partial charge on any atom is 0.217 e. The molecule has 0 spiro atoms. The zero-order chi connectivity index (χ0) is 13.9. The molecule has 0 aromatic carbocycles. The van der Waals surface area contributed by atoms with Crippen LogP contribution in [0.25, 0.3) is 0 Å². The lowest BCUT2D eigenvalue weighted by atomic mass is 9.89. The van der Waals surface area contributed by atoms with Gasteiger partial charge in [0.25, 0.3) is 0 Å². The Hall–Kier alpha value is -0.353. The summed E-state index contributed by atoms with van der Waals surface area (Å²) in [4.78, 5) is 10.8. The predicted octanol–water partition coefficient (Wildman–Crippen LogP) is 3.30. The van der Waals surface area contributed by atoms with E-state index in [0.29, 0.717) is 13.0 Å². The van der Waals surface area contributed by atoms with Gasteiger partial charge in [-0.2, -0.15) is 0 Å². The Bertz CT molecular complexity index is 267. The lowest BCUT2D eigenvalue weighted by Gasteiger charge is -2.39. The molecule has 17 heavy (non-hydrogen) atoms. The van der Waals surface area contributed by atoms with Crippen molar-refractivity contribution in [3.8, 4) is 0 Å². The molecule has 2 N–H and O–H groups in total. The van der Waals surface area contributed by atoms with Crippen molar-refractivity contribution in [1.29, 1.82) is 0 Å². The third kappa shape index (κ3) is 6.22. The van der Waals surface area contributed by atoms with Gasteiger partial charge in [0, 0.05) is 13.0 Å². The summed E-state index contributed by atoms with van der Waals surface area (Å²) < 4.78 is 6.18. The number of nitrogens with two attached hydrogens (primary N) is 1. The minimum atomic E-state index is -1.69. The van der Waals surface area contributed by atoms with Gasteiger partial charge in [-0.25, -0.2) is 0 Å². The van der Waals surface area contributed by atoms with Crippen LogP contribution in [-0.2, 0) is 9.22 Å². The van der Waals surface area contributed by atoms with Gasteiger partial charge in [0.05, 0.1) is 0 Å². The molecular formula is C13H29NO2Si. The zero-order valence-electron chi connectivity index (χ0n) is 12.5. The normalized spacial score (nSPS) is 13.8. The summed E-state index contributed by atoms with van der Waals surface area (Å²) in [6.07, 6.45) is 1.23. The highest BCUT2D eigenvalue weighted by molar-refractivity contribution is 6.74. The summed E-state index contributed by atoms with van der Waals surface area (Å²) in [5.41, 5.74) is 5.20. The summed E-state index contributed by atoms with van der Waals surface area (Å²) >= 11 is 0. The van der Waals surface area contributed by atoms with E-state index in [0.717, 1.165) is 6.42 Å². The standard InChI is InChI=1S/C13H29NO2Si/c1-12(2,3)17(6,7)16-10-13(4,5)9-8-11(14)15/h8-10H2,1-7H3,(H2,14,15). The number of rotatable bonds is 6. The minimum Gasteiger partial charge on any atom is -0.416 e. The van der Waals surface area contributed by atoms with Crippen LogP contribution in [0, 0.1) is 5.41 Å². The first-order valence-corrected chi connectivity index (χ1v) is 9.20. The molecule has 0 unspecified atom stereocenters. The second-order valence-electron chi connectivity index (χ2n) is 7.18. The lowest BCUT2D eigenvalue weighted by molar-refractivity contribution is -0.118. The molecule has 102 valence electrons. The molecule has 0 radical (unpaired) electrons. The molecule has 1 amide bonds. The molecule has 0 aliphatic rings. The monoisotopic (exact) mass is 259 g/mol. The molecule has 0 saturated carbocycles. The largest absolute Gasteiger partial charge is 0.416 e. The Kier molecular flexibility index (Phi) is 5.41. The summed E-state index contributed by atoms with van der Waals surface area (Å²) in [7, 11) is -1.69. The number of carbonyl (C=O) groups excluding carboxylic acids is 1. The lowest BCUT2D eigenvalue weighted by Crippen LogP contribution is -2.43. The quantitative estimate of drug-likeness (QED) is 0.744. The SMILES string of the molecule is CC(C)(CCC(N)=O)CO[Si](C)(C)C(C)(C)C. The number of amides is 1. The van der Waals surface area contributed by atoms with Crippen LogP contribution in [0.4, 0.5) is 0 Å². The van der Waals surface area contributed by atoms with Crippen molar-refractivity contribution in [3.05, 3.63) is 0 Å². The fraction of sp³-hybridized carbons (Fsp3) is 0.923. The van der Waals surface area contributed by atoms with Crippen LogP contribution in [0.3, 0.4) is 0 Å². The molecule has 0 aromatic rings. The van der Waals surface area contributed by atoms with E-state index in [1.54, 1.807) is 0 Å². The van der Waals surface area contributed by atoms with Crippen LogP contribution in [0.1, 0.15) is 47.5 Å². The van der Waals surface area contributed by atoms with E-state index in [1.807, 2.05) is 0 Å². The average Bonchev–Trinajstić information content (AvgIpc) is 2.11. The van der Waals surface area contributed by atoms with Crippen molar-refractivity contribution in [2.24, 2.45) is 11.1 Å². The van der Waals surface area contributed by atoms with Crippen molar-refractivity contribution in [1.82, 2.24) is 0 Å². The molecule has 0 bridgehead atoms. The average molecular weight is 259 g/mol. The van der Waals surface area contributed by atoms with E-state index in [9.17, 15) is 4.79 Å². The first-order chi connectivity index (χ1) is 7.37. The Balaban J connectivity index is 4.31. The maximum atomic E-state index is 10.8. The Morgan fingerprint density at radius 1 is 1.18 bits per heavy atom. The number of hydrogen-bond acceptors (Lipinski definition) is 2. The first kappa shape index (κ1) is 16.6. The molecule has 0 aliphatic heterocycles. The van der Waals surface area contributed by atoms with E-state index in [1.165, 1.54) is 0 Å². The maximum absolute atomic E-state index is 10.8. The Morgan fingerprint density at radius 3 is 2.00 bits per heavy atom. The molecule has 3 nitrogen and oxygen atoms in total. The molecular weight excluding hydrogens is 230 g/mol. The molecule has 0 saturated heterocycles. The highest BCUT2D eigenvalue weighted by Crippen LogP contribution is 2.38. The van der Waals surface area contributed by atoms with Crippen LogP contribution in [0.15, 0.2) is 0 Å². The van der Waals surface area contributed by atoms with Crippen molar-refractivity contribution in [2.75, 3.05) is 6.61 Å². The topological polar surface area (TPSA) is 52.3 Å². The van der Waals surface area contributed by atoms with Gasteiger partial charge in [0.1, 0.15) is 0 Å². The van der Waals surface area contributed by atoms with Gasteiger partial charge in [0.2, 0.25) is 5.91 Å². The van der Waals surface area contributed by atoms with Gasteiger partial charge in [-0.3, -0.25) is 4.79 Å². The van der Waals surface area contributed by atoms with Crippen molar-refractivity contribution < 1.29 is 9.22 Å². The van der Waals surface area contributed by atoms with Crippen LogP contribution < -0.4 is 5.73 Å². The Morgan fingerprint density at radius 2 is 1.65 bits per heavy atom. The van der Waals surface area contributed by atoms with Gasteiger partial charge in [0.15, 0.2) is 8.32 Å². The molecule has 0 aromatic heterocycles. The molecule has 0 rings (SSSR count). The second kappa shape index (κ2) is 5.53. The first-order valence-electron chi connectivity index (χ1n) is 6.30. The van der Waals surface area contributed by atoms with Crippen molar-refractivity contribution >= 4 is 14.2 Å². The predicted molar refractivity (Wildman–Crippen MR) is 75.4 cm³/mol. The summed E-state index contributed by atoms with van der Waals surface area (Å²) in [5.74, 6) is -0.231. The van der Waals surface area contributed by atoms with Crippen LogP contribution in [-0.4, -0.2) is 20.8 Å². The van der Waals surface area contributed by atoms with Gasteiger partial charge in [-0.05, 0) is 30.0 Å². The van der Waals surface area contributed by atoms with Gasteiger partial charge in [-0.15, -0.1) is 0 Å². The second-order valence-corrected chi connectivity index (χ2v) is 12.0. The third-order valence-electron chi connectivity index (χ3n) is 3.68. The van der Waals surface area contributed by atoms with E-state index in [-0.39, 0.29) is 16.4 Å². The van der Waals surface area contributed by atoms with E-state index in [4.69, 9.17) is 10.2 Å². The van der Waals surface area contributed by atoms with Crippen LogP contribution in [0.2, 0.25) is 18.1 Å². The van der Waals surface area contributed by atoms with Crippen molar-refractivity contribution in [3.63, 3.8) is 0 Å². The van der Waals surface area contributed by atoms with Crippen molar-refractivity contribution in [2.45, 2.75) is 65.6 Å². The Labute approximate surface area is 107 Å². The molecule has 0 heterocycles. The van der Waals surface area contributed by atoms with E-state index in [2.05, 4.69) is 47.7 Å². The number of primary amides is 1. The van der Waals surface area contributed by atoms with Crippen LogP contribution >= 0.6 is 0 Å².